The number of nitrogens with zero attached hydrogens (tertiary/aromatic N) is 3. The molecule has 2 heterocycles. The van der Waals surface area contributed by atoms with Crippen molar-refractivity contribution in [3.05, 3.63) is 57.8 Å². The largest absolute Gasteiger partial charge is 0.393 e. The number of carbonyl (C=O) groups is 2. The number of nitrogens with two attached hydrogens (primary N) is 1. The zero-order valence-corrected chi connectivity index (χ0v) is 15.4. The van der Waals surface area contributed by atoms with E-state index in [9.17, 15) is 19.7 Å². The van der Waals surface area contributed by atoms with Gasteiger partial charge >= 0.3 is 0 Å². The SMILES string of the molecule is Cc1ccc(NC(=O)C2CCN(C(=O)c3ccc(N)c([N+](=O)[O-])c3)CC2)nc1. The molecule has 28 heavy (non-hydrogen) atoms. The molecule has 2 aromatic rings. The Hall–Kier alpha value is -3.49. The first kappa shape index (κ1) is 19.3. The number of pyridine rings is 1. The molecule has 0 atom stereocenters. The maximum absolute atomic E-state index is 12.6. The van der Waals surface area contributed by atoms with Crippen LogP contribution in [-0.4, -0.2) is 39.7 Å². The molecular weight excluding hydrogens is 362 g/mol. The van der Waals surface area contributed by atoms with E-state index in [1.165, 1.54) is 18.2 Å². The van der Waals surface area contributed by atoms with Crippen molar-refractivity contribution in [2.45, 2.75) is 19.8 Å². The molecule has 1 saturated heterocycles. The standard InChI is InChI=1S/C19H21N5O4/c1-12-2-5-17(21-11-12)22-18(25)13-6-8-23(9-7-13)19(26)14-3-4-15(20)16(10-14)24(27)28/h2-5,10-11,13H,6-9,20H2,1H3,(H,21,22,25). The van der Waals surface area contributed by atoms with Crippen molar-refractivity contribution in [3.63, 3.8) is 0 Å². The van der Waals surface area contributed by atoms with Crippen LogP contribution in [0.1, 0.15) is 28.8 Å². The van der Waals surface area contributed by atoms with Crippen molar-refractivity contribution in [2.75, 3.05) is 24.1 Å². The summed E-state index contributed by atoms with van der Waals surface area (Å²) in [6.45, 7) is 2.72. The fraction of sp³-hybridized carbons (Fsp3) is 0.316. The van der Waals surface area contributed by atoms with Crippen LogP contribution in [0.4, 0.5) is 17.2 Å². The molecule has 3 rings (SSSR count). The Morgan fingerprint density at radius 1 is 1.25 bits per heavy atom. The Morgan fingerprint density at radius 3 is 2.57 bits per heavy atom. The minimum absolute atomic E-state index is 0.0154. The van der Waals surface area contributed by atoms with Crippen LogP contribution in [0.2, 0.25) is 0 Å². The van der Waals surface area contributed by atoms with Crippen LogP contribution in [0.3, 0.4) is 0 Å². The van der Waals surface area contributed by atoms with Gasteiger partial charge in [-0.3, -0.25) is 19.7 Å². The van der Waals surface area contributed by atoms with E-state index in [-0.39, 0.29) is 34.7 Å². The zero-order valence-electron chi connectivity index (χ0n) is 15.4. The highest BCUT2D eigenvalue weighted by Gasteiger charge is 2.29. The zero-order chi connectivity index (χ0) is 20.3. The predicted molar refractivity (Wildman–Crippen MR) is 104 cm³/mol. The Labute approximate surface area is 161 Å². The first-order chi connectivity index (χ1) is 13.3. The summed E-state index contributed by atoms with van der Waals surface area (Å²) in [5.74, 6) is -0.134. The molecule has 2 amide bonds. The molecule has 9 heteroatoms. The fourth-order valence-electron chi connectivity index (χ4n) is 3.13. The number of anilines is 2. The average Bonchev–Trinajstić information content (AvgIpc) is 2.69. The lowest BCUT2D eigenvalue weighted by molar-refractivity contribution is -0.383. The second kappa shape index (κ2) is 8.03. The maximum Gasteiger partial charge on any atom is 0.292 e. The summed E-state index contributed by atoms with van der Waals surface area (Å²) in [5, 5.41) is 13.8. The monoisotopic (exact) mass is 383 g/mol. The number of nitrogen functional groups attached to an aromatic ring is 1. The lowest BCUT2D eigenvalue weighted by atomic mass is 9.95. The number of aryl methyl sites for hydroxylation is 1. The van der Waals surface area contributed by atoms with Gasteiger partial charge in [0.25, 0.3) is 11.6 Å². The van der Waals surface area contributed by atoms with Crippen molar-refractivity contribution >= 4 is 29.0 Å². The smallest absolute Gasteiger partial charge is 0.292 e. The average molecular weight is 383 g/mol. The molecule has 0 aliphatic carbocycles. The van der Waals surface area contributed by atoms with Gasteiger partial charge in [-0.15, -0.1) is 0 Å². The highest BCUT2D eigenvalue weighted by Crippen LogP contribution is 2.25. The summed E-state index contributed by atoms with van der Waals surface area (Å²) in [7, 11) is 0. The Kier molecular flexibility index (Phi) is 5.53. The number of benzene rings is 1. The summed E-state index contributed by atoms with van der Waals surface area (Å²) < 4.78 is 0. The summed E-state index contributed by atoms with van der Waals surface area (Å²) in [5.41, 5.74) is 6.53. The highest BCUT2D eigenvalue weighted by atomic mass is 16.6. The van der Waals surface area contributed by atoms with Crippen LogP contribution in [0, 0.1) is 23.0 Å². The van der Waals surface area contributed by atoms with E-state index in [0.717, 1.165) is 5.56 Å². The van der Waals surface area contributed by atoms with Gasteiger partial charge in [0.1, 0.15) is 11.5 Å². The third kappa shape index (κ3) is 4.25. The minimum Gasteiger partial charge on any atom is -0.393 e. The van der Waals surface area contributed by atoms with Crippen molar-refractivity contribution < 1.29 is 14.5 Å². The molecule has 3 N–H and O–H groups in total. The normalized spacial score (nSPS) is 14.5. The highest BCUT2D eigenvalue weighted by molar-refractivity contribution is 5.96. The third-order valence-electron chi connectivity index (χ3n) is 4.79. The van der Waals surface area contributed by atoms with E-state index in [1.54, 1.807) is 17.2 Å². The minimum atomic E-state index is -0.609. The quantitative estimate of drug-likeness (QED) is 0.473. The Morgan fingerprint density at radius 2 is 1.96 bits per heavy atom. The predicted octanol–water partition coefficient (Wildman–Crippen LogP) is 2.37. The molecule has 1 aliphatic heterocycles. The molecule has 0 unspecified atom stereocenters. The second-order valence-corrected chi connectivity index (χ2v) is 6.81. The Balaban J connectivity index is 1.59. The van der Waals surface area contributed by atoms with E-state index >= 15 is 0 Å². The van der Waals surface area contributed by atoms with Gasteiger partial charge in [0.15, 0.2) is 0 Å². The van der Waals surface area contributed by atoms with Gasteiger partial charge in [-0.2, -0.15) is 0 Å². The molecule has 0 saturated carbocycles. The number of nitrogens with one attached hydrogen (secondary N) is 1. The van der Waals surface area contributed by atoms with Crippen LogP contribution in [-0.2, 0) is 4.79 Å². The summed E-state index contributed by atoms with van der Waals surface area (Å²) in [6.07, 6.45) is 2.71. The van der Waals surface area contributed by atoms with Gasteiger partial charge in [0, 0.05) is 36.8 Å². The van der Waals surface area contributed by atoms with Gasteiger partial charge < -0.3 is 16.0 Å². The summed E-state index contributed by atoms with van der Waals surface area (Å²) in [6, 6.07) is 7.65. The summed E-state index contributed by atoms with van der Waals surface area (Å²) >= 11 is 0. The molecule has 146 valence electrons. The lowest BCUT2D eigenvalue weighted by Crippen LogP contribution is -2.41. The van der Waals surface area contributed by atoms with Gasteiger partial charge in [0.05, 0.1) is 4.92 Å². The molecule has 1 aromatic heterocycles. The second-order valence-electron chi connectivity index (χ2n) is 6.81. The molecule has 1 aromatic carbocycles. The van der Waals surface area contributed by atoms with Gasteiger partial charge in [-0.25, -0.2) is 4.98 Å². The molecular formula is C19H21N5O4. The number of piperidine rings is 1. The Bertz CT molecular complexity index is 905. The van der Waals surface area contributed by atoms with Crippen LogP contribution in [0.15, 0.2) is 36.5 Å². The van der Waals surface area contributed by atoms with Gasteiger partial charge in [-0.05, 0) is 43.5 Å². The van der Waals surface area contributed by atoms with Crippen LogP contribution in [0.5, 0.6) is 0 Å². The van der Waals surface area contributed by atoms with Gasteiger partial charge in [-0.1, -0.05) is 6.07 Å². The van der Waals surface area contributed by atoms with E-state index < -0.39 is 4.92 Å². The van der Waals surface area contributed by atoms with Crippen molar-refractivity contribution in [1.82, 2.24) is 9.88 Å². The summed E-state index contributed by atoms with van der Waals surface area (Å²) in [4.78, 5) is 41.2. The lowest BCUT2D eigenvalue weighted by Gasteiger charge is -2.31. The molecule has 0 bridgehead atoms. The number of nitro benzene ring substituents is 1. The van der Waals surface area contributed by atoms with E-state index in [4.69, 9.17) is 5.73 Å². The van der Waals surface area contributed by atoms with Crippen LogP contribution < -0.4 is 11.1 Å². The maximum atomic E-state index is 12.6. The molecule has 9 nitrogen and oxygen atoms in total. The van der Waals surface area contributed by atoms with E-state index in [0.29, 0.717) is 31.7 Å². The van der Waals surface area contributed by atoms with Gasteiger partial charge in [0.2, 0.25) is 5.91 Å². The number of carbonyl (C=O) groups excluding carboxylic acids is 2. The number of rotatable bonds is 4. The molecule has 0 radical (unpaired) electrons. The number of hydrogen-bond donors (Lipinski definition) is 2. The molecule has 1 fully saturated rings. The third-order valence-corrected chi connectivity index (χ3v) is 4.79. The first-order valence-electron chi connectivity index (χ1n) is 8.92. The van der Waals surface area contributed by atoms with E-state index in [2.05, 4.69) is 10.3 Å². The topological polar surface area (TPSA) is 131 Å². The van der Waals surface area contributed by atoms with Crippen LogP contribution in [0.25, 0.3) is 0 Å². The van der Waals surface area contributed by atoms with Crippen molar-refractivity contribution in [2.24, 2.45) is 5.92 Å². The first-order valence-corrected chi connectivity index (χ1v) is 8.92. The number of aromatic nitrogens is 1. The molecule has 1 aliphatic rings. The number of hydrogen-bond acceptors (Lipinski definition) is 6. The number of amides is 2. The number of nitro groups is 1. The van der Waals surface area contributed by atoms with Crippen molar-refractivity contribution in [1.29, 1.82) is 0 Å². The molecule has 0 spiro atoms. The fourth-order valence-corrected chi connectivity index (χ4v) is 3.13. The number of likely N-dealkylation sites (tertiary alicyclic amines) is 1. The van der Waals surface area contributed by atoms with Crippen LogP contribution >= 0.6 is 0 Å². The van der Waals surface area contributed by atoms with E-state index in [1.807, 2.05) is 13.0 Å². The van der Waals surface area contributed by atoms with Crippen molar-refractivity contribution in [3.8, 4) is 0 Å².